The molecule has 0 aliphatic rings. The molecular formula is C19H21FN2O5. The van der Waals surface area contributed by atoms with Crippen molar-refractivity contribution >= 4 is 17.8 Å². The molecule has 1 amide bonds. The Kier molecular flexibility index (Phi) is 6.70. The topological polar surface area (TPSA) is 97.5 Å². The van der Waals surface area contributed by atoms with Gasteiger partial charge in [0.2, 0.25) is 0 Å². The molecule has 144 valence electrons. The summed E-state index contributed by atoms with van der Waals surface area (Å²) in [5.74, 6) is -2.13. The third-order valence-corrected chi connectivity index (χ3v) is 3.86. The van der Waals surface area contributed by atoms with E-state index in [9.17, 15) is 18.8 Å². The van der Waals surface area contributed by atoms with Crippen LogP contribution in [0.15, 0.2) is 24.3 Å². The van der Waals surface area contributed by atoms with Gasteiger partial charge in [-0.1, -0.05) is 12.1 Å². The van der Waals surface area contributed by atoms with Crippen molar-refractivity contribution in [3.63, 3.8) is 0 Å². The first-order valence-electron chi connectivity index (χ1n) is 8.38. The molecule has 1 heterocycles. The quantitative estimate of drug-likeness (QED) is 0.724. The van der Waals surface area contributed by atoms with Gasteiger partial charge in [0.1, 0.15) is 11.5 Å². The number of hydrogen-bond acceptors (Lipinski definition) is 5. The Morgan fingerprint density at radius 2 is 1.74 bits per heavy atom. The molecule has 1 aromatic carbocycles. The smallest absolute Gasteiger partial charge is 0.355 e. The molecule has 1 aromatic heterocycles. The number of ether oxygens (including phenoxy) is 2. The van der Waals surface area contributed by atoms with Crippen molar-refractivity contribution < 1.29 is 28.2 Å². The Bertz CT molecular complexity index is 843. The first-order valence-corrected chi connectivity index (χ1v) is 8.38. The lowest BCUT2D eigenvalue weighted by Crippen LogP contribution is -2.28. The van der Waals surface area contributed by atoms with Crippen LogP contribution in [0.3, 0.4) is 0 Å². The summed E-state index contributed by atoms with van der Waals surface area (Å²) in [6.07, 6.45) is 0. The van der Waals surface area contributed by atoms with Crippen molar-refractivity contribution in [1.82, 2.24) is 10.3 Å². The molecule has 0 bridgehead atoms. The average Bonchev–Trinajstić information content (AvgIpc) is 2.94. The van der Waals surface area contributed by atoms with Crippen LogP contribution in [-0.4, -0.2) is 36.0 Å². The summed E-state index contributed by atoms with van der Waals surface area (Å²) in [7, 11) is 0. The summed E-state index contributed by atoms with van der Waals surface area (Å²) in [5, 5.41) is 2.57. The highest BCUT2D eigenvalue weighted by atomic mass is 19.1. The molecule has 7 nitrogen and oxygen atoms in total. The zero-order valence-electron chi connectivity index (χ0n) is 15.3. The van der Waals surface area contributed by atoms with E-state index in [-0.39, 0.29) is 30.2 Å². The van der Waals surface area contributed by atoms with E-state index in [1.807, 2.05) is 0 Å². The molecule has 0 radical (unpaired) electrons. The number of aryl methyl sites for hydroxylation is 1. The summed E-state index contributed by atoms with van der Waals surface area (Å²) >= 11 is 0. The minimum atomic E-state index is -0.714. The Hall–Kier alpha value is -3.16. The van der Waals surface area contributed by atoms with Crippen LogP contribution in [0.4, 0.5) is 4.39 Å². The Morgan fingerprint density at radius 1 is 1.07 bits per heavy atom. The Labute approximate surface area is 155 Å². The molecule has 0 aliphatic carbocycles. The number of rotatable bonds is 7. The van der Waals surface area contributed by atoms with Gasteiger partial charge < -0.3 is 19.8 Å². The van der Waals surface area contributed by atoms with Crippen LogP contribution < -0.4 is 5.32 Å². The van der Waals surface area contributed by atoms with E-state index in [4.69, 9.17) is 9.47 Å². The number of halogens is 1. The standard InChI is InChI=1S/C19H21FN2O5/c1-4-26-19(25)17-11(2)16(12(3)22-17)18(24)27-10-15(23)21-9-13-5-7-14(20)8-6-13/h5-8,22H,4,9-10H2,1-3H3,(H,21,23). The monoisotopic (exact) mass is 376 g/mol. The lowest BCUT2D eigenvalue weighted by molar-refractivity contribution is -0.124. The maximum Gasteiger partial charge on any atom is 0.355 e. The van der Waals surface area contributed by atoms with E-state index >= 15 is 0 Å². The van der Waals surface area contributed by atoms with Gasteiger partial charge in [-0.2, -0.15) is 0 Å². The number of benzene rings is 1. The number of hydrogen-bond donors (Lipinski definition) is 2. The fourth-order valence-corrected chi connectivity index (χ4v) is 2.52. The fourth-order valence-electron chi connectivity index (χ4n) is 2.52. The number of carbonyl (C=O) groups excluding carboxylic acids is 3. The number of nitrogens with one attached hydrogen (secondary N) is 2. The van der Waals surface area contributed by atoms with E-state index in [0.717, 1.165) is 0 Å². The lowest BCUT2D eigenvalue weighted by Gasteiger charge is -2.07. The number of H-pyrrole nitrogens is 1. The zero-order valence-corrected chi connectivity index (χ0v) is 15.3. The molecular weight excluding hydrogens is 355 g/mol. The molecule has 0 fully saturated rings. The van der Waals surface area contributed by atoms with Gasteiger partial charge in [-0.15, -0.1) is 0 Å². The SMILES string of the molecule is CCOC(=O)c1[nH]c(C)c(C(=O)OCC(=O)NCc2ccc(F)cc2)c1C. The maximum atomic E-state index is 12.8. The van der Waals surface area contributed by atoms with Gasteiger partial charge in [0.05, 0.1) is 12.2 Å². The molecule has 0 spiro atoms. The van der Waals surface area contributed by atoms with Gasteiger partial charge in [0, 0.05) is 12.2 Å². The van der Waals surface area contributed by atoms with Crippen LogP contribution in [0.1, 0.15) is 44.6 Å². The van der Waals surface area contributed by atoms with Crippen molar-refractivity contribution in [2.24, 2.45) is 0 Å². The Balaban J connectivity index is 1.92. The highest BCUT2D eigenvalue weighted by molar-refractivity contribution is 5.99. The molecule has 2 N–H and O–H groups in total. The van der Waals surface area contributed by atoms with Gasteiger partial charge in [-0.3, -0.25) is 4.79 Å². The molecule has 2 rings (SSSR count). The van der Waals surface area contributed by atoms with E-state index in [2.05, 4.69) is 10.3 Å². The van der Waals surface area contributed by atoms with Crippen LogP contribution in [0.5, 0.6) is 0 Å². The summed E-state index contributed by atoms with van der Waals surface area (Å²) in [4.78, 5) is 38.8. The highest BCUT2D eigenvalue weighted by Gasteiger charge is 2.24. The normalized spacial score (nSPS) is 10.4. The number of carbonyl (C=O) groups is 3. The van der Waals surface area contributed by atoms with Crippen molar-refractivity contribution in [3.8, 4) is 0 Å². The summed E-state index contributed by atoms with van der Waals surface area (Å²) in [6, 6.07) is 5.68. The second kappa shape index (κ2) is 8.98. The first-order chi connectivity index (χ1) is 12.8. The molecule has 0 unspecified atom stereocenters. The van der Waals surface area contributed by atoms with Gasteiger partial charge in [-0.05, 0) is 44.0 Å². The highest BCUT2D eigenvalue weighted by Crippen LogP contribution is 2.19. The van der Waals surface area contributed by atoms with E-state index in [1.165, 1.54) is 12.1 Å². The van der Waals surface area contributed by atoms with Crippen molar-refractivity contribution in [1.29, 1.82) is 0 Å². The van der Waals surface area contributed by atoms with Crippen LogP contribution in [0.2, 0.25) is 0 Å². The molecule has 0 aliphatic heterocycles. The number of amides is 1. The van der Waals surface area contributed by atoms with Crippen molar-refractivity contribution in [2.75, 3.05) is 13.2 Å². The van der Waals surface area contributed by atoms with Crippen molar-refractivity contribution in [3.05, 3.63) is 58.2 Å². The molecule has 8 heteroatoms. The van der Waals surface area contributed by atoms with E-state index in [1.54, 1.807) is 32.9 Å². The largest absolute Gasteiger partial charge is 0.461 e. The van der Waals surface area contributed by atoms with Gasteiger partial charge in [-0.25, -0.2) is 14.0 Å². The third kappa shape index (κ3) is 5.16. The average molecular weight is 376 g/mol. The molecule has 0 saturated heterocycles. The van der Waals surface area contributed by atoms with Gasteiger partial charge in [0.15, 0.2) is 6.61 Å². The first kappa shape index (κ1) is 20.2. The number of aromatic amines is 1. The zero-order chi connectivity index (χ0) is 20.0. The lowest BCUT2D eigenvalue weighted by atomic mass is 10.1. The molecule has 2 aromatic rings. The second-order valence-corrected chi connectivity index (χ2v) is 5.82. The third-order valence-electron chi connectivity index (χ3n) is 3.86. The predicted octanol–water partition coefficient (Wildman–Crippen LogP) is 2.42. The Morgan fingerprint density at radius 3 is 2.37 bits per heavy atom. The van der Waals surface area contributed by atoms with Crippen LogP contribution in [-0.2, 0) is 20.8 Å². The van der Waals surface area contributed by atoms with Crippen LogP contribution >= 0.6 is 0 Å². The minimum Gasteiger partial charge on any atom is -0.461 e. The fraction of sp³-hybridized carbons (Fsp3) is 0.316. The molecule has 0 atom stereocenters. The molecule has 0 saturated carbocycles. The number of esters is 2. The van der Waals surface area contributed by atoms with Crippen molar-refractivity contribution in [2.45, 2.75) is 27.3 Å². The molecule has 27 heavy (non-hydrogen) atoms. The van der Waals surface area contributed by atoms with Crippen LogP contribution in [0, 0.1) is 19.7 Å². The number of aromatic nitrogens is 1. The minimum absolute atomic E-state index is 0.182. The maximum absolute atomic E-state index is 12.8. The predicted molar refractivity (Wildman–Crippen MR) is 94.8 cm³/mol. The van der Waals surface area contributed by atoms with Crippen LogP contribution in [0.25, 0.3) is 0 Å². The summed E-state index contributed by atoms with van der Waals surface area (Å²) < 4.78 is 22.8. The van der Waals surface area contributed by atoms with Gasteiger partial charge in [0.25, 0.3) is 5.91 Å². The van der Waals surface area contributed by atoms with E-state index in [0.29, 0.717) is 16.8 Å². The van der Waals surface area contributed by atoms with E-state index < -0.39 is 24.5 Å². The van der Waals surface area contributed by atoms with Gasteiger partial charge >= 0.3 is 11.9 Å². The summed E-state index contributed by atoms with van der Waals surface area (Å²) in [6.45, 7) is 4.83. The summed E-state index contributed by atoms with van der Waals surface area (Å²) in [5.41, 5.74) is 1.95. The second-order valence-electron chi connectivity index (χ2n) is 5.82.